The van der Waals surface area contributed by atoms with Gasteiger partial charge in [0, 0.05) is 23.2 Å². The monoisotopic (exact) mass is 315 g/mol. The lowest BCUT2D eigenvalue weighted by Crippen LogP contribution is -2.53. The lowest BCUT2D eigenvalue weighted by Gasteiger charge is -2.36. The summed E-state index contributed by atoms with van der Waals surface area (Å²) in [6.45, 7) is 4.06. The zero-order valence-corrected chi connectivity index (χ0v) is 13.1. The van der Waals surface area contributed by atoms with Crippen LogP contribution in [-0.4, -0.2) is 49.2 Å². The van der Waals surface area contributed by atoms with Crippen LogP contribution in [0.5, 0.6) is 0 Å². The van der Waals surface area contributed by atoms with Gasteiger partial charge in [-0.05, 0) is 26.0 Å². The molecule has 0 N–H and O–H groups in total. The maximum absolute atomic E-state index is 12.5. The van der Waals surface area contributed by atoms with Gasteiger partial charge < -0.3 is 0 Å². The van der Waals surface area contributed by atoms with Gasteiger partial charge in [0.1, 0.15) is 0 Å². The van der Waals surface area contributed by atoms with E-state index in [4.69, 9.17) is 11.6 Å². The Morgan fingerprint density at radius 2 is 2.15 bits per heavy atom. The molecule has 0 bridgehead atoms. The number of carbonyl (C=O) groups excluding carboxylic acids is 1. The first-order chi connectivity index (χ1) is 9.30. The molecule has 1 aromatic carbocycles. The molecule has 6 heteroatoms. The van der Waals surface area contributed by atoms with Gasteiger partial charge in [0.15, 0.2) is 15.6 Å². The molecule has 1 heterocycles. The fraction of sp³-hybridized carbons (Fsp3) is 0.500. The van der Waals surface area contributed by atoms with E-state index in [2.05, 4.69) is 0 Å². The minimum absolute atomic E-state index is 0.0290. The minimum Gasteiger partial charge on any atom is -0.292 e. The van der Waals surface area contributed by atoms with Crippen molar-refractivity contribution in [3.05, 3.63) is 34.9 Å². The van der Waals surface area contributed by atoms with E-state index in [0.29, 0.717) is 17.1 Å². The summed E-state index contributed by atoms with van der Waals surface area (Å²) in [6, 6.07) is 6.35. The first kappa shape index (κ1) is 15.5. The van der Waals surface area contributed by atoms with Crippen LogP contribution in [-0.2, 0) is 9.84 Å². The average molecular weight is 316 g/mol. The fourth-order valence-electron chi connectivity index (χ4n) is 2.62. The van der Waals surface area contributed by atoms with Crippen LogP contribution in [0.3, 0.4) is 0 Å². The number of Topliss-reactive ketones (excluding diaryl/α,β-unsaturated/α-hetero) is 1. The molecule has 1 aromatic rings. The summed E-state index contributed by atoms with van der Waals surface area (Å²) < 4.78 is 23.2. The van der Waals surface area contributed by atoms with E-state index in [9.17, 15) is 13.2 Å². The van der Waals surface area contributed by atoms with Crippen molar-refractivity contribution in [1.29, 1.82) is 0 Å². The van der Waals surface area contributed by atoms with Crippen LogP contribution in [0, 0.1) is 0 Å². The SMILES string of the molecule is CC1CS(=O)(=O)CCN1C(C)C(=O)c1cccc(Cl)c1. The Morgan fingerprint density at radius 1 is 1.45 bits per heavy atom. The summed E-state index contributed by atoms with van der Waals surface area (Å²) in [6.07, 6.45) is 0. The third-order valence-electron chi connectivity index (χ3n) is 3.71. The standard InChI is InChI=1S/C14H18ClNO3S/c1-10-9-20(18,19)7-6-16(10)11(2)14(17)12-4-3-5-13(15)8-12/h3-5,8,10-11H,6-7,9H2,1-2H3. The lowest BCUT2D eigenvalue weighted by molar-refractivity contribution is 0.0794. The third kappa shape index (κ3) is 3.40. The topological polar surface area (TPSA) is 54.5 Å². The Kier molecular flexibility index (Phi) is 4.52. The van der Waals surface area contributed by atoms with Gasteiger partial charge in [0.25, 0.3) is 0 Å². The van der Waals surface area contributed by atoms with Gasteiger partial charge in [-0.15, -0.1) is 0 Å². The molecule has 110 valence electrons. The number of carbonyl (C=O) groups is 1. The Bertz CT molecular complexity index is 615. The van der Waals surface area contributed by atoms with Crippen molar-refractivity contribution in [2.75, 3.05) is 18.1 Å². The Hall–Kier alpha value is -0.910. The van der Waals surface area contributed by atoms with E-state index >= 15 is 0 Å². The van der Waals surface area contributed by atoms with E-state index in [1.165, 1.54) is 0 Å². The zero-order valence-electron chi connectivity index (χ0n) is 11.5. The van der Waals surface area contributed by atoms with Crippen molar-refractivity contribution in [2.24, 2.45) is 0 Å². The molecule has 2 rings (SSSR count). The molecule has 1 aliphatic rings. The van der Waals surface area contributed by atoms with Gasteiger partial charge in [-0.1, -0.05) is 23.7 Å². The number of hydrogen-bond donors (Lipinski definition) is 0. The van der Waals surface area contributed by atoms with Crippen LogP contribution in [0.1, 0.15) is 24.2 Å². The lowest BCUT2D eigenvalue weighted by atomic mass is 10.0. The summed E-state index contributed by atoms with van der Waals surface area (Å²) in [5.41, 5.74) is 0.561. The number of ketones is 1. The summed E-state index contributed by atoms with van der Waals surface area (Å²) in [5.74, 6) is 0.198. The Morgan fingerprint density at radius 3 is 2.75 bits per heavy atom. The van der Waals surface area contributed by atoms with E-state index in [-0.39, 0.29) is 29.4 Å². The first-order valence-electron chi connectivity index (χ1n) is 6.56. The van der Waals surface area contributed by atoms with Crippen molar-refractivity contribution in [3.8, 4) is 0 Å². The summed E-state index contributed by atoms with van der Waals surface area (Å²) in [5, 5.41) is 0.525. The number of nitrogens with zero attached hydrogens (tertiary/aromatic N) is 1. The van der Waals surface area contributed by atoms with E-state index in [1.807, 2.05) is 18.7 Å². The highest BCUT2D eigenvalue weighted by atomic mass is 35.5. The van der Waals surface area contributed by atoms with Crippen molar-refractivity contribution < 1.29 is 13.2 Å². The van der Waals surface area contributed by atoms with Crippen LogP contribution in [0.25, 0.3) is 0 Å². The Labute approximate surface area is 124 Å². The molecule has 20 heavy (non-hydrogen) atoms. The van der Waals surface area contributed by atoms with Crippen LogP contribution in [0.4, 0.5) is 0 Å². The zero-order chi connectivity index (χ0) is 14.9. The van der Waals surface area contributed by atoms with E-state index in [1.54, 1.807) is 24.3 Å². The van der Waals surface area contributed by atoms with Crippen molar-refractivity contribution >= 4 is 27.2 Å². The van der Waals surface area contributed by atoms with Crippen molar-refractivity contribution in [2.45, 2.75) is 25.9 Å². The number of halogens is 1. The predicted molar refractivity (Wildman–Crippen MR) is 80.1 cm³/mol. The molecule has 1 aliphatic heterocycles. The second kappa shape index (κ2) is 5.84. The molecule has 1 saturated heterocycles. The minimum atomic E-state index is -2.97. The summed E-state index contributed by atoms with van der Waals surface area (Å²) >= 11 is 5.90. The second-order valence-corrected chi connectivity index (χ2v) is 7.92. The van der Waals surface area contributed by atoms with Crippen LogP contribution in [0.15, 0.2) is 24.3 Å². The fourth-order valence-corrected chi connectivity index (χ4v) is 4.39. The van der Waals surface area contributed by atoms with Gasteiger partial charge in [0.05, 0.1) is 17.5 Å². The third-order valence-corrected chi connectivity index (χ3v) is 5.74. The van der Waals surface area contributed by atoms with Gasteiger partial charge in [-0.3, -0.25) is 9.69 Å². The molecule has 0 radical (unpaired) electrons. The number of hydrogen-bond acceptors (Lipinski definition) is 4. The maximum atomic E-state index is 12.5. The van der Waals surface area contributed by atoms with Crippen LogP contribution in [0.2, 0.25) is 5.02 Å². The highest BCUT2D eigenvalue weighted by Crippen LogP contribution is 2.19. The van der Waals surface area contributed by atoms with E-state index < -0.39 is 9.84 Å². The summed E-state index contributed by atoms with van der Waals surface area (Å²) in [4.78, 5) is 14.4. The molecular formula is C14H18ClNO3S. The largest absolute Gasteiger partial charge is 0.292 e. The van der Waals surface area contributed by atoms with Gasteiger partial charge in [-0.25, -0.2) is 8.42 Å². The first-order valence-corrected chi connectivity index (χ1v) is 8.76. The molecule has 2 atom stereocenters. The molecule has 0 aromatic heterocycles. The quantitative estimate of drug-likeness (QED) is 0.801. The summed E-state index contributed by atoms with van der Waals surface area (Å²) in [7, 11) is -2.97. The number of rotatable bonds is 3. The molecule has 0 aliphatic carbocycles. The number of sulfone groups is 1. The molecule has 0 amide bonds. The average Bonchev–Trinajstić information content (AvgIpc) is 2.36. The van der Waals surface area contributed by atoms with Gasteiger partial charge in [-0.2, -0.15) is 0 Å². The Balaban J connectivity index is 2.15. The molecule has 4 nitrogen and oxygen atoms in total. The van der Waals surface area contributed by atoms with Crippen LogP contribution < -0.4 is 0 Å². The van der Waals surface area contributed by atoms with Crippen molar-refractivity contribution in [1.82, 2.24) is 4.90 Å². The molecule has 0 spiro atoms. The smallest absolute Gasteiger partial charge is 0.179 e. The van der Waals surface area contributed by atoms with E-state index in [0.717, 1.165) is 0 Å². The maximum Gasteiger partial charge on any atom is 0.179 e. The molecule has 1 fully saturated rings. The molecular weight excluding hydrogens is 298 g/mol. The number of benzene rings is 1. The molecule has 2 unspecified atom stereocenters. The van der Waals surface area contributed by atoms with Crippen molar-refractivity contribution in [3.63, 3.8) is 0 Å². The second-order valence-electron chi connectivity index (χ2n) is 5.25. The van der Waals surface area contributed by atoms with Gasteiger partial charge in [0.2, 0.25) is 0 Å². The highest BCUT2D eigenvalue weighted by Gasteiger charge is 2.33. The highest BCUT2D eigenvalue weighted by molar-refractivity contribution is 7.91. The normalized spacial score (nSPS) is 24.2. The molecule has 0 saturated carbocycles. The van der Waals surface area contributed by atoms with Crippen LogP contribution >= 0.6 is 11.6 Å². The predicted octanol–water partition coefficient (Wildman–Crippen LogP) is 2.03. The van der Waals surface area contributed by atoms with Gasteiger partial charge >= 0.3 is 0 Å².